The highest BCUT2D eigenvalue weighted by Gasteiger charge is 2.76. The molecule has 2 aromatic rings. The number of aliphatic hydroxyl groups is 1. The van der Waals surface area contributed by atoms with E-state index < -0.39 is 84.9 Å². The number of hydrogen-bond acceptors (Lipinski definition) is 11. The van der Waals surface area contributed by atoms with Crippen LogP contribution in [0.2, 0.25) is 0 Å². The lowest BCUT2D eigenvalue weighted by atomic mass is 9.57. The predicted molar refractivity (Wildman–Crippen MR) is 157 cm³/mol. The number of allylic oxidation sites excluding steroid dienone is 2. The Kier molecular flexibility index (Phi) is 6.88. The molecule has 2 saturated heterocycles. The number of amides is 4. The van der Waals surface area contributed by atoms with Gasteiger partial charge in [0.2, 0.25) is 11.8 Å². The molecule has 0 bridgehead atoms. The summed E-state index contributed by atoms with van der Waals surface area (Å²) in [6.45, 7) is -0.471. The van der Waals surface area contributed by atoms with Gasteiger partial charge in [-0.15, -0.1) is 23.2 Å². The number of nitro benzene ring substituents is 2. The molecule has 1 aromatic heterocycles. The molecule has 17 heteroatoms. The van der Waals surface area contributed by atoms with Crippen molar-refractivity contribution in [1.82, 2.24) is 4.90 Å². The maximum absolute atomic E-state index is 14.2. The Morgan fingerprint density at radius 3 is 2.18 bits per heavy atom. The number of fused-ring (bicyclic) bond motifs is 4. The molecular weight excluding hydrogens is 637 g/mol. The van der Waals surface area contributed by atoms with Crippen LogP contribution in [0.5, 0.6) is 0 Å². The standard InChI is InChI=1S/C28H25Cl2N5O10/c1-31(2)22-17(34(41)42)8-12(9-18(22)35(43)44)33-23(37)15-6-5-14-16(20(15)24(33)38)10-27(29)25(39)32(3)26(40)28(27,30)21(14)19-7-4-13(11-36)45-19/h4-5,7-9,15-16,20-21,36H,6,10-11H2,1-3H3. The number of carbonyl (C=O) groups is 4. The van der Waals surface area contributed by atoms with Crippen molar-refractivity contribution in [3.63, 3.8) is 0 Å². The summed E-state index contributed by atoms with van der Waals surface area (Å²) < 4.78 is 5.80. The van der Waals surface area contributed by atoms with Gasteiger partial charge in [0.15, 0.2) is 15.4 Å². The first kappa shape index (κ1) is 30.7. The molecule has 3 heterocycles. The third-order valence-electron chi connectivity index (χ3n) is 9.29. The van der Waals surface area contributed by atoms with E-state index in [1.165, 1.54) is 38.2 Å². The lowest BCUT2D eigenvalue weighted by molar-refractivity contribution is -0.392. The summed E-state index contributed by atoms with van der Waals surface area (Å²) in [7, 11) is 4.01. The number of furan rings is 1. The van der Waals surface area contributed by atoms with Gasteiger partial charge in [-0.3, -0.25) is 44.3 Å². The molecule has 4 amide bonds. The molecule has 6 atom stereocenters. The second-order valence-corrected chi connectivity index (χ2v) is 13.0. The van der Waals surface area contributed by atoms with Crippen LogP contribution in [0.3, 0.4) is 0 Å². The third kappa shape index (κ3) is 3.93. The molecule has 0 radical (unpaired) electrons. The van der Waals surface area contributed by atoms with E-state index in [1.54, 1.807) is 6.08 Å². The minimum Gasteiger partial charge on any atom is -0.463 e. The smallest absolute Gasteiger partial charge is 0.301 e. The summed E-state index contributed by atoms with van der Waals surface area (Å²) in [6.07, 6.45) is 1.33. The molecule has 45 heavy (non-hydrogen) atoms. The van der Waals surface area contributed by atoms with Crippen molar-refractivity contribution in [2.24, 2.45) is 17.8 Å². The number of hydrogen-bond donors (Lipinski definition) is 1. The number of anilines is 2. The summed E-state index contributed by atoms with van der Waals surface area (Å²) in [5.74, 6) is -7.11. The first-order valence-electron chi connectivity index (χ1n) is 13.7. The normalized spacial score (nSPS) is 30.7. The minimum absolute atomic E-state index is 0.0121. The maximum Gasteiger partial charge on any atom is 0.301 e. The Morgan fingerprint density at radius 1 is 1.02 bits per heavy atom. The number of nitrogens with zero attached hydrogens (tertiary/aromatic N) is 5. The molecule has 1 N–H and O–H groups in total. The topological polar surface area (TPSA) is 198 Å². The SMILES string of the molecule is CN1C(=O)C2(Cl)CC3C(=CCC4C(=O)N(c5cc([N+](=O)[O-])c(N(C)C)c([N+](=O)[O-])c5)C(=O)C43)C(c3ccc(CO)o3)C2(Cl)C1=O. The molecule has 2 aliphatic heterocycles. The highest BCUT2D eigenvalue weighted by molar-refractivity contribution is 6.53. The molecule has 1 aromatic carbocycles. The lowest BCUT2D eigenvalue weighted by Gasteiger charge is -2.49. The number of likely N-dealkylation sites (tertiary alicyclic amines) is 1. The van der Waals surface area contributed by atoms with E-state index in [9.17, 15) is 44.5 Å². The summed E-state index contributed by atoms with van der Waals surface area (Å²) >= 11 is 14.1. The fourth-order valence-corrected chi connectivity index (χ4v) is 8.40. The van der Waals surface area contributed by atoms with Gasteiger partial charge in [-0.2, -0.15) is 0 Å². The van der Waals surface area contributed by atoms with Gasteiger partial charge in [0.1, 0.15) is 18.1 Å². The van der Waals surface area contributed by atoms with Crippen LogP contribution in [0, 0.1) is 38.0 Å². The van der Waals surface area contributed by atoms with Gasteiger partial charge in [0.05, 0.1) is 33.3 Å². The number of carbonyl (C=O) groups excluding carboxylic acids is 4. The van der Waals surface area contributed by atoms with E-state index in [1.807, 2.05) is 0 Å². The molecule has 4 aliphatic rings. The van der Waals surface area contributed by atoms with Crippen LogP contribution in [-0.2, 0) is 25.8 Å². The number of alkyl halides is 2. The minimum atomic E-state index is -2.07. The van der Waals surface area contributed by atoms with E-state index in [-0.39, 0.29) is 35.7 Å². The van der Waals surface area contributed by atoms with Crippen LogP contribution < -0.4 is 9.80 Å². The average molecular weight is 662 g/mol. The van der Waals surface area contributed by atoms with Crippen LogP contribution in [0.4, 0.5) is 22.7 Å². The second kappa shape index (κ2) is 10.1. The van der Waals surface area contributed by atoms with E-state index in [4.69, 9.17) is 27.6 Å². The Balaban J connectivity index is 1.50. The zero-order valence-corrected chi connectivity index (χ0v) is 25.4. The Hall–Kier alpha value is -4.34. The Morgan fingerprint density at radius 2 is 1.64 bits per heavy atom. The monoisotopic (exact) mass is 661 g/mol. The van der Waals surface area contributed by atoms with Crippen LogP contribution >= 0.6 is 23.2 Å². The number of benzene rings is 1. The first-order chi connectivity index (χ1) is 21.1. The molecule has 6 rings (SSSR count). The lowest BCUT2D eigenvalue weighted by Crippen LogP contribution is -2.60. The Bertz CT molecular complexity index is 1740. The molecule has 0 spiro atoms. The van der Waals surface area contributed by atoms with Crippen LogP contribution in [0.15, 0.2) is 40.3 Å². The molecule has 6 unspecified atom stereocenters. The van der Waals surface area contributed by atoms with Crippen molar-refractivity contribution in [2.75, 3.05) is 30.9 Å². The van der Waals surface area contributed by atoms with E-state index >= 15 is 0 Å². The first-order valence-corrected chi connectivity index (χ1v) is 14.5. The molecule has 236 valence electrons. The molecule has 2 aliphatic carbocycles. The van der Waals surface area contributed by atoms with Crippen LogP contribution in [-0.4, -0.2) is 74.4 Å². The predicted octanol–water partition coefficient (Wildman–Crippen LogP) is 2.85. The highest BCUT2D eigenvalue weighted by atomic mass is 35.5. The number of halogens is 2. The summed E-state index contributed by atoms with van der Waals surface area (Å²) in [4.78, 5) is 75.9. The highest BCUT2D eigenvalue weighted by Crippen LogP contribution is 2.65. The largest absolute Gasteiger partial charge is 0.463 e. The van der Waals surface area contributed by atoms with Gasteiger partial charge in [-0.25, -0.2) is 4.90 Å². The van der Waals surface area contributed by atoms with Crippen molar-refractivity contribution >= 4 is 69.6 Å². The molecule has 3 fully saturated rings. The maximum atomic E-state index is 14.2. The van der Waals surface area contributed by atoms with Crippen molar-refractivity contribution in [2.45, 2.75) is 35.1 Å². The van der Waals surface area contributed by atoms with E-state index in [0.717, 1.165) is 17.0 Å². The van der Waals surface area contributed by atoms with E-state index in [2.05, 4.69) is 0 Å². The zero-order valence-electron chi connectivity index (χ0n) is 23.9. The average Bonchev–Trinajstić information content (AvgIpc) is 3.60. The fourth-order valence-electron chi connectivity index (χ4n) is 7.40. The van der Waals surface area contributed by atoms with Gasteiger partial charge in [0, 0.05) is 33.3 Å². The third-order valence-corrected chi connectivity index (χ3v) is 10.7. The van der Waals surface area contributed by atoms with Crippen molar-refractivity contribution in [3.05, 3.63) is 67.7 Å². The quantitative estimate of drug-likeness (QED) is 0.157. The van der Waals surface area contributed by atoms with Gasteiger partial charge < -0.3 is 14.4 Å². The van der Waals surface area contributed by atoms with E-state index in [0.29, 0.717) is 10.5 Å². The van der Waals surface area contributed by atoms with Crippen LogP contribution in [0.1, 0.15) is 30.3 Å². The van der Waals surface area contributed by atoms with Crippen molar-refractivity contribution < 1.29 is 38.5 Å². The summed E-state index contributed by atoms with van der Waals surface area (Å²) in [5, 5.41) is 33.6. The van der Waals surface area contributed by atoms with Gasteiger partial charge >= 0.3 is 11.4 Å². The van der Waals surface area contributed by atoms with Crippen molar-refractivity contribution in [1.29, 1.82) is 0 Å². The van der Waals surface area contributed by atoms with Gasteiger partial charge in [0.25, 0.3) is 11.8 Å². The van der Waals surface area contributed by atoms with Crippen LogP contribution in [0.25, 0.3) is 0 Å². The van der Waals surface area contributed by atoms with Gasteiger partial charge in [-0.1, -0.05) is 11.6 Å². The van der Waals surface area contributed by atoms with Crippen molar-refractivity contribution in [3.8, 4) is 0 Å². The number of aliphatic hydroxyl groups excluding tert-OH is 1. The molecular formula is C28H25Cl2N5O10. The number of imide groups is 2. The molecule has 1 saturated carbocycles. The fraction of sp³-hybridized carbons (Fsp3) is 0.429. The van der Waals surface area contributed by atoms with Gasteiger partial charge in [-0.05, 0) is 30.9 Å². The summed E-state index contributed by atoms with van der Waals surface area (Å²) in [5.41, 5.74) is -1.60. The summed E-state index contributed by atoms with van der Waals surface area (Å²) in [6, 6.07) is 4.83. The molecule has 15 nitrogen and oxygen atoms in total. The zero-order chi connectivity index (χ0) is 32.9. The number of nitro groups is 2. The Labute approximate surface area is 264 Å². The second-order valence-electron chi connectivity index (χ2n) is 11.7. The number of rotatable bonds is 6.